The lowest BCUT2D eigenvalue weighted by molar-refractivity contribution is 0.576. The lowest BCUT2D eigenvalue weighted by atomic mass is 10.0. The molecule has 1 aromatic carbocycles. The van der Waals surface area contributed by atoms with Crippen molar-refractivity contribution in [2.24, 2.45) is 5.73 Å². The third-order valence-electron chi connectivity index (χ3n) is 3.26. The predicted octanol–water partition coefficient (Wildman–Crippen LogP) is 3.47. The maximum atomic E-state index is 14.0. The molecule has 2 unspecified atom stereocenters. The molecule has 0 bridgehead atoms. The number of para-hydroxylation sites is 1. The van der Waals surface area contributed by atoms with Crippen molar-refractivity contribution in [3.63, 3.8) is 0 Å². The normalized spacial score (nSPS) is 14.5. The quantitative estimate of drug-likeness (QED) is 0.851. The van der Waals surface area contributed by atoms with Crippen LogP contribution in [0.3, 0.4) is 0 Å². The van der Waals surface area contributed by atoms with Crippen molar-refractivity contribution in [2.45, 2.75) is 46.2 Å². The highest BCUT2D eigenvalue weighted by atomic mass is 19.1. The van der Waals surface area contributed by atoms with Crippen LogP contribution in [0.4, 0.5) is 10.1 Å². The molecule has 0 aliphatic heterocycles. The molecule has 0 aromatic heterocycles. The van der Waals surface area contributed by atoms with Gasteiger partial charge >= 0.3 is 0 Å². The Morgan fingerprint density at radius 1 is 1.29 bits per heavy atom. The van der Waals surface area contributed by atoms with Crippen molar-refractivity contribution < 1.29 is 4.39 Å². The number of hydrogen-bond donors (Lipinski definition) is 1. The van der Waals surface area contributed by atoms with E-state index in [9.17, 15) is 4.39 Å². The zero-order valence-corrected chi connectivity index (χ0v) is 11.2. The van der Waals surface area contributed by atoms with E-state index in [0.29, 0.717) is 11.7 Å². The highest BCUT2D eigenvalue weighted by Gasteiger charge is 2.20. The molecule has 2 atom stereocenters. The molecule has 96 valence electrons. The van der Waals surface area contributed by atoms with Crippen molar-refractivity contribution in [1.29, 1.82) is 0 Å². The molecule has 1 rings (SSSR count). The molecule has 3 heteroatoms. The summed E-state index contributed by atoms with van der Waals surface area (Å²) < 4.78 is 14.0. The second-order valence-corrected chi connectivity index (χ2v) is 4.51. The number of hydrogen-bond acceptors (Lipinski definition) is 2. The molecule has 0 radical (unpaired) electrons. The summed E-state index contributed by atoms with van der Waals surface area (Å²) >= 11 is 0. The first-order valence-corrected chi connectivity index (χ1v) is 6.33. The summed E-state index contributed by atoms with van der Waals surface area (Å²) in [6.45, 7) is 8.95. The molecule has 17 heavy (non-hydrogen) atoms. The smallest absolute Gasteiger partial charge is 0.146 e. The molecule has 0 fully saturated rings. The van der Waals surface area contributed by atoms with Crippen LogP contribution in [0.2, 0.25) is 0 Å². The summed E-state index contributed by atoms with van der Waals surface area (Å²) in [6.07, 6.45) is 0.987. The minimum Gasteiger partial charge on any atom is -0.366 e. The second kappa shape index (κ2) is 6.01. The van der Waals surface area contributed by atoms with E-state index in [1.54, 1.807) is 6.07 Å². The Morgan fingerprint density at radius 3 is 2.41 bits per heavy atom. The zero-order valence-electron chi connectivity index (χ0n) is 11.2. The molecule has 1 aromatic rings. The van der Waals surface area contributed by atoms with E-state index in [4.69, 9.17) is 5.73 Å². The highest BCUT2D eigenvalue weighted by molar-refractivity contribution is 5.56. The third kappa shape index (κ3) is 2.97. The average molecular weight is 238 g/mol. The summed E-state index contributed by atoms with van der Waals surface area (Å²) in [5, 5.41) is 0. The van der Waals surface area contributed by atoms with Gasteiger partial charge in [-0.1, -0.05) is 19.1 Å². The number of anilines is 1. The maximum Gasteiger partial charge on any atom is 0.146 e. The van der Waals surface area contributed by atoms with Gasteiger partial charge in [0.05, 0.1) is 5.69 Å². The molecule has 0 saturated carbocycles. The summed E-state index contributed by atoms with van der Waals surface area (Å²) in [6, 6.07) is 5.30. The predicted molar refractivity (Wildman–Crippen MR) is 71.8 cm³/mol. The van der Waals surface area contributed by atoms with Gasteiger partial charge in [0.2, 0.25) is 0 Å². The summed E-state index contributed by atoms with van der Waals surface area (Å²) in [5.41, 5.74) is 7.47. The molecule has 0 spiro atoms. The van der Waals surface area contributed by atoms with E-state index in [-0.39, 0.29) is 11.9 Å². The molecule has 2 nitrogen and oxygen atoms in total. The van der Waals surface area contributed by atoms with Gasteiger partial charge in [-0.25, -0.2) is 4.39 Å². The number of halogens is 1. The number of rotatable bonds is 5. The Kier molecular flexibility index (Phi) is 4.94. The molecule has 0 amide bonds. The fourth-order valence-corrected chi connectivity index (χ4v) is 2.11. The van der Waals surface area contributed by atoms with Crippen LogP contribution in [0.5, 0.6) is 0 Å². The van der Waals surface area contributed by atoms with Gasteiger partial charge in [0, 0.05) is 18.6 Å². The Bertz CT molecular complexity index is 363. The van der Waals surface area contributed by atoms with Crippen molar-refractivity contribution >= 4 is 5.69 Å². The third-order valence-corrected chi connectivity index (χ3v) is 3.26. The average Bonchev–Trinajstić information content (AvgIpc) is 2.31. The van der Waals surface area contributed by atoms with Gasteiger partial charge in [0.15, 0.2) is 0 Å². The Labute approximate surface area is 104 Å². The van der Waals surface area contributed by atoms with E-state index in [1.165, 1.54) is 6.07 Å². The van der Waals surface area contributed by atoms with E-state index in [2.05, 4.69) is 18.7 Å². The molecule has 0 saturated heterocycles. The van der Waals surface area contributed by atoms with E-state index < -0.39 is 0 Å². The van der Waals surface area contributed by atoms with Crippen LogP contribution in [0.15, 0.2) is 18.2 Å². The minimum atomic E-state index is -0.179. The standard InChI is InChI=1S/C14H23FN2/c1-5-10(3)17(6-2)14-12(11(4)16)8-7-9-13(14)15/h7-11H,5-6,16H2,1-4H3. The van der Waals surface area contributed by atoms with Crippen molar-refractivity contribution in [3.8, 4) is 0 Å². The SMILES string of the molecule is CCC(C)N(CC)c1c(F)cccc1C(C)N. The zero-order chi connectivity index (χ0) is 13.0. The lowest BCUT2D eigenvalue weighted by Gasteiger charge is -2.32. The largest absolute Gasteiger partial charge is 0.366 e. The van der Waals surface area contributed by atoms with Gasteiger partial charge in [-0.15, -0.1) is 0 Å². The van der Waals surface area contributed by atoms with Gasteiger partial charge in [0.25, 0.3) is 0 Å². The van der Waals surface area contributed by atoms with E-state index in [0.717, 1.165) is 18.5 Å². The Balaban J connectivity index is 3.26. The molecule has 0 aliphatic carbocycles. The Hall–Kier alpha value is -1.09. The van der Waals surface area contributed by atoms with Crippen molar-refractivity contribution in [2.75, 3.05) is 11.4 Å². The highest BCUT2D eigenvalue weighted by Crippen LogP contribution is 2.30. The fraction of sp³-hybridized carbons (Fsp3) is 0.571. The number of benzene rings is 1. The van der Waals surface area contributed by atoms with E-state index >= 15 is 0 Å². The maximum absolute atomic E-state index is 14.0. The Morgan fingerprint density at radius 2 is 1.94 bits per heavy atom. The topological polar surface area (TPSA) is 29.3 Å². The fourth-order valence-electron chi connectivity index (χ4n) is 2.11. The van der Waals surface area contributed by atoms with Crippen LogP contribution in [0, 0.1) is 5.82 Å². The lowest BCUT2D eigenvalue weighted by Crippen LogP contribution is -2.34. The van der Waals surface area contributed by atoms with Crippen LogP contribution in [-0.2, 0) is 0 Å². The molecule has 0 aliphatic rings. The number of nitrogens with zero attached hydrogens (tertiary/aromatic N) is 1. The van der Waals surface area contributed by atoms with Gasteiger partial charge in [-0.2, -0.15) is 0 Å². The van der Waals surface area contributed by atoms with Crippen LogP contribution in [0.25, 0.3) is 0 Å². The van der Waals surface area contributed by atoms with Crippen molar-refractivity contribution in [3.05, 3.63) is 29.6 Å². The van der Waals surface area contributed by atoms with Gasteiger partial charge in [-0.3, -0.25) is 0 Å². The summed E-state index contributed by atoms with van der Waals surface area (Å²) in [7, 11) is 0. The molecule has 2 N–H and O–H groups in total. The van der Waals surface area contributed by atoms with Gasteiger partial charge in [-0.05, 0) is 38.8 Å². The van der Waals surface area contributed by atoms with Crippen LogP contribution in [0.1, 0.15) is 45.7 Å². The number of nitrogens with two attached hydrogens (primary N) is 1. The van der Waals surface area contributed by atoms with Gasteiger partial charge < -0.3 is 10.6 Å². The van der Waals surface area contributed by atoms with Crippen molar-refractivity contribution in [1.82, 2.24) is 0 Å². The van der Waals surface area contributed by atoms with Gasteiger partial charge in [0.1, 0.15) is 5.82 Å². The summed E-state index contributed by atoms with van der Waals surface area (Å²) in [4.78, 5) is 2.09. The van der Waals surface area contributed by atoms with Crippen LogP contribution < -0.4 is 10.6 Å². The monoisotopic (exact) mass is 238 g/mol. The summed E-state index contributed by atoms with van der Waals surface area (Å²) in [5.74, 6) is -0.179. The van der Waals surface area contributed by atoms with E-state index in [1.807, 2.05) is 19.9 Å². The van der Waals surface area contributed by atoms with Crippen LogP contribution in [-0.4, -0.2) is 12.6 Å². The molecular weight excluding hydrogens is 215 g/mol. The first-order chi connectivity index (χ1) is 8.02. The van der Waals surface area contributed by atoms with Crippen LogP contribution >= 0.6 is 0 Å². The first kappa shape index (κ1) is 14.0. The molecule has 0 heterocycles. The minimum absolute atomic E-state index is 0.154. The first-order valence-electron chi connectivity index (χ1n) is 6.33. The molecular formula is C14H23FN2. The second-order valence-electron chi connectivity index (χ2n) is 4.51.